The predicted octanol–water partition coefficient (Wildman–Crippen LogP) is 5.71. The Morgan fingerprint density at radius 1 is 1.03 bits per heavy atom. The van der Waals surface area contributed by atoms with Gasteiger partial charge in [-0.05, 0) is 48.9 Å². The Kier molecular flexibility index (Phi) is 9.14. The molecule has 200 valence electrons. The summed E-state index contributed by atoms with van der Waals surface area (Å²) in [5.74, 6) is 1.05. The van der Waals surface area contributed by atoms with Crippen LogP contribution in [0, 0.1) is 0 Å². The second-order valence-electron chi connectivity index (χ2n) is 8.46. The van der Waals surface area contributed by atoms with Gasteiger partial charge in [-0.15, -0.1) is 0 Å². The summed E-state index contributed by atoms with van der Waals surface area (Å²) in [5.41, 5.74) is 2.37. The van der Waals surface area contributed by atoms with Crippen LogP contribution in [-0.4, -0.2) is 43.0 Å². The van der Waals surface area contributed by atoms with E-state index in [-0.39, 0.29) is 24.4 Å². The first-order chi connectivity index (χ1) is 18.3. The van der Waals surface area contributed by atoms with Crippen molar-refractivity contribution in [3.8, 4) is 11.5 Å². The molecule has 0 aliphatic carbocycles. The number of hydrogen-bond acceptors (Lipinski definition) is 6. The molecule has 8 nitrogen and oxygen atoms in total. The molecule has 1 heterocycles. The molecule has 0 saturated heterocycles. The summed E-state index contributed by atoms with van der Waals surface area (Å²) in [6.07, 6.45) is 0. The van der Waals surface area contributed by atoms with Gasteiger partial charge in [0, 0.05) is 34.1 Å². The van der Waals surface area contributed by atoms with Gasteiger partial charge in [0.1, 0.15) is 30.3 Å². The molecule has 3 amide bonds. The molecule has 0 saturated carbocycles. The Morgan fingerprint density at radius 2 is 1.71 bits per heavy atom. The molecule has 0 aromatic heterocycles. The molecule has 3 aromatic carbocycles. The van der Waals surface area contributed by atoms with Gasteiger partial charge in [-0.3, -0.25) is 14.8 Å². The number of benzene rings is 3. The maximum atomic E-state index is 13.1. The van der Waals surface area contributed by atoms with E-state index in [2.05, 4.69) is 10.6 Å². The lowest BCUT2D eigenvalue weighted by Crippen LogP contribution is -2.50. The van der Waals surface area contributed by atoms with Gasteiger partial charge in [0.15, 0.2) is 0 Å². The van der Waals surface area contributed by atoms with Gasteiger partial charge in [0.2, 0.25) is 0 Å². The van der Waals surface area contributed by atoms with Crippen molar-refractivity contribution in [2.75, 3.05) is 25.7 Å². The van der Waals surface area contributed by atoms with Crippen LogP contribution in [0.2, 0.25) is 10.0 Å². The Bertz CT molecular complexity index is 1290. The number of para-hydroxylation sites is 1. The van der Waals surface area contributed by atoms with Crippen LogP contribution < -0.4 is 25.1 Å². The topological polar surface area (TPSA) is 83.1 Å². The highest BCUT2D eigenvalue weighted by Gasteiger charge is 2.35. The van der Waals surface area contributed by atoms with Crippen LogP contribution in [0.25, 0.3) is 0 Å². The number of methoxy groups -OCH3 is 1. The number of carbonyl (C=O) groups is 2. The third kappa shape index (κ3) is 6.40. The SMILES string of the molecule is COc1ccc(CNC(=O)NCC(=O)N(C)N2c3c(OCc4c(Cl)cccc4Cl)cccc3SC2C)cc1. The van der Waals surface area contributed by atoms with Crippen LogP contribution in [0.4, 0.5) is 10.5 Å². The molecule has 4 rings (SSSR count). The van der Waals surface area contributed by atoms with E-state index >= 15 is 0 Å². The summed E-state index contributed by atoms with van der Waals surface area (Å²) in [7, 11) is 3.27. The van der Waals surface area contributed by atoms with E-state index in [9.17, 15) is 9.59 Å². The van der Waals surface area contributed by atoms with Crippen molar-refractivity contribution in [2.24, 2.45) is 0 Å². The van der Waals surface area contributed by atoms with Crippen molar-refractivity contribution >= 4 is 52.6 Å². The molecule has 3 aromatic rings. The Labute approximate surface area is 236 Å². The first kappa shape index (κ1) is 27.8. The van der Waals surface area contributed by atoms with E-state index in [1.165, 1.54) is 5.01 Å². The Balaban J connectivity index is 1.38. The zero-order valence-electron chi connectivity index (χ0n) is 21.2. The fourth-order valence-corrected chi connectivity index (χ4v) is 5.63. The smallest absolute Gasteiger partial charge is 0.315 e. The lowest BCUT2D eigenvalue weighted by atomic mass is 10.2. The molecular weight excluding hydrogens is 547 g/mol. The second kappa shape index (κ2) is 12.5. The van der Waals surface area contributed by atoms with Gasteiger partial charge in [-0.1, -0.05) is 59.2 Å². The van der Waals surface area contributed by atoms with Crippen LogP contribution in [0.15, 0.2) is 65.6 Å². The minimum absolute atomic E-state index is 0.0727. The summed E-state index contributed by atoms with van der Waals surface area (Å²) in [6, 6.07) is 18.0. The normalized spacial score (nSPS) is 14.0. The summed E-state index contributed by atoms with van der Waals surface area (Å²) in [4.78, 5) is 26.3. The molecular formula is C27H28Cl2N4O4S. The van der Waals surface area contributed by atoms with Crippen LogP contribution in [0.5, 0.6) is 11.5 Å². The Morgan fingerprint density at radius 3 is 2.39 bits per heavy atom. The van der Waals surface area contributed by atoms with Crippen molar-refractivity contribution in [3.05, 3.63) is 81.8 Å². The fraction of sp³-hybridized carbons (Fsp3) is 0.259. The van der Waals surface area contributed by atoms with Gasteiger partial charge in [0.25, 0.3) is 5.91 Å². The molecule has 1 aliphatic rings. The molecule has 38 heavy (non-hydrogen) atoms. The molecule has 1 unspecified atom stereocenters. The first-order valence-corrected chi connectivity index (χ1v) is 13.5. The number of hydrogen-bond donors (Lipinski definition) is 2. The van der Waals surface area contributed by atoms with Crippen molar-refractivity contribution in [3.63, 3.8) is 0 Å². The summed E-state index contributed by atoms with van der Waals surface area (Å²) < 4.78 is 11.3. The average molecular weight is 576 g/mol. The molecule has 11 heteroatoms. The Hall–Kier alpha value is -3.27. The van der Waals surface area contributed by atoms with Crippen molar-refractivity contribution < 1.29 is 19.1 Å². The minimum Gasteiger partial charge on any atom is -0.497 e. The van der Waals surface area contributed by atoms with Gasteiger partial charge in [-0.25, -0.2) is 4.79 Å². The third-order valence-corrected chi connectivity index (χ3v) is 7.80. The van der Waals surface area contributed by atoms with Gasteiger partial charge < -0.3 is 20.1 Å². The highest BCUT2D eigenvalue weighted by atomic mass is 35.5. The largest absolute Gasteiger partial charge is 0.497 e. The van der Waals surface area contributed by atoms with E-state index in [1.807, 2.05) is 54.4 Å². The second-order valence-corrected chi connectivity index (χ2v) is 10.6. The number of anilines is 1. The highest BCUT2D eigenvalue weighted by molar-refractivity contribution is 8.00. The first-order valence-electron chi connectivity index (χ1n) is 11.8. The van der Waals surface area contributed by atoms with Crippen molar-refractivity contribution in [2.45, 2.75) is 30.3 Å². The zero-order chi connectivity index (χ0) is 27.2. The van der Waals surface area contributed by atoms with E-state index in [4.69, 9.17) is 32.7 Å². The van der Waals surface area contributed by atoms with E-state index in [0.717, 1.165) is 21.9 Å². The lowest BCUT2D eigenvalue weighted by Gasteiger charge is -2.34. The van der Waals surface area contributed by atoms with Crippen molar-refractivity contribution in [1.82, 2.24) is 15.6 Å². The van der Waals surface area contributed by atoms with Gasteiger partial charge in [0.05, 0.1) is 12.5 Å². The molecule has 0 spiro atoms. The average Bonchev–Trinajstić information content (AvgIpc) is 3.26. The minimum atomic E-state index is -0.438. The molecule has 1 atom stereocenters. The number of nitrogens with one attached hydrogen (secondary N) is 2. The number of rotatable bonds is 9. The van der Waals surface area contributed by atoms with E-state index < -0.39 is 6.03 Å². The third-order valence-electron chi connectivity index (χ3n) is 5.96. The number of hydrazine groups is 1. The quantitative estimate of drug-likeness (QED) is 0.340. The highest BCUT2D eigenvalue weighted by Crippen LogP contribution is 2.49. The van der Waals surface area contributed by atoms with Gasteiger partial charge >= 0.3 is 6.03 Å². The van der Waals surface area contributed by atoms with Crippen molar-refractivity contribution in [1.29, 1.82) is 0 Å². The van der Waals surface area contributed by atoms with Crippen LogP contribution in [0.1, 0.15) is 18.1 Å². The molecule has 0 fully saturated rings. The number of carbonyl (C=O) groups excluding carboxylic acids is 2. The van der Waals surface area contributed by atoms with Crippen LogP contribution in [0.3, 0.4) is 0 Å². The van der Waals surface area contributed by atoms with Crippen LogP contribution in [-0.2, 0) is 17.9 Å². The number of halogens is 2. The predicted molar refractivity (Wildman–Crippen MR) is 151 cm³/mol. The monoisotopic (exact) mass is 574 g/mol. The van der Waals surface area contributed by atoms with E-state index in [0.29, 0.717) is 27.9 Å². The number of urea groups is 1. The zero-order valence-corrected chi connectivity index (χ0v) is 23.5. The number of fused-ring (bicyclic) bond motifs is 1. The summed E-state index contributed by atoms with van der Waals surface area (Å²) in [6.45, 7) is 2.32. The summed E-state index contributed by atoms with van der Waals surface area (Å²) >= 11 is 14.2. The summed E-state index contributed by atoms with van der Waals surface area (Å²) in [5, 5.41) is 9.72. The van der Waals surface area contributed by atoms with Gasteiger partial charge in [-0.2, -0.15) is 0 Å². The maximum Gasteiger partial charge on any atom is 0.315 e. The maximum absolute atomic E-state index is 13.1. The molecule has 0 radical (unpaired) electrons. The molecule has 1 aliphatic heterocycles. The number of nitrogens with zero attached hydrogens (tertiary/aromatic N) is 2. The number of thioether (sulfide) groups is 1. The molecule has 2 N–H and O–H groups in total. The molecule has 0 bridgehead atoms. The number of likely N-dealkylation sites (N-methyl/N-ethyl adjacent to an activating group) is 1. The van der Waals surface area contributed by atoms with Crippen LogP contribution >= 0.6 is 35.0 Å². The fourth-order valence-electron chi connectivity index (χ4n) is 3.95. The standard InChI is InChI=1S/C27H28Cl2N4O4S/c1-17-33(32(2)25(34)15-31-27(35)30-14-18-10-12-19(36-3)13-11-18)26-23(8-5-9-24(26)38-17)37-16-20-21(28)6-4-7-22(20)29/h4-13,17H,14-16H2,1-3H3,(H2,30,31,35). The van der Waals surface area contributed by atoms with E-state index in [1.54, 1.807) is 44.1 Å². The lowest BCUT2D eigenvalue weighted by molar-refractivity contribution is -0.129. The number of ether oxygens (including phenoxy) is 2. The number of amides is 3.